The van der Waals surface area contributed by atoms with E-state index in [2.05, 4.69) is 4.74 Å². The lowest BCUT2D eigenvalue weighted by atomic mass is 9.98. The quantitative estimate of drug-likeness (QED) is 0.809. The number of benzene rings is 2. The molecule has 2 aromatic carbocycles. The van der Waals surface area contributed by atoms with Crippen LogP contribution in [0.15, 0.2) is 48.5 Å². The minimum absolute atomic E-state index is 0. The van der Waals surface area contributed by atoms with Crippen LogP contribution in [0.1, 0.15) is 5.56 Å². The number of hydrogen-bond donors (Lipinski definition) is 2. The lowest BCUT2D eigenvalue weighted by Gasteiger charge is -2.17. The van der Waals surface area contributed by atoms with Crippen molar-refractivity contribution in [1.29, 1.82) is 0 Å². The summed E-state index contributed by atoms with van der Waals surface area (Å²) >= 11 is 6.00. The van der Waals surface area contributed by atoms with Crippen molar-refractivity contribution < 1.29 is 9.53 Å². The van der Waals surface area contributed by atoms with Gasteiger partial charge in [-0.15, -0.1) is 12.4 Å². The number of ether oxygens (including phenoxy) is 1. The van der Waals surface area contributed by atoms with Crippen LogP contribution in [0, 0.1) is 0 Å². The van der Waals surface area contributed by atoms with Gasteiger partial charge in [0.15, 0.2) is 0 Å². The molecule has 23 heavy (non-hydrogen) atoms. The predicted molar refractivity (Wildman–Crippen MR) is 95.8 cm³/mol. The van der Waals surface area contributed by atoms with Gasteiger partial charge in [0, 0.05) is 11.1 Å². The second-order valence-corrected chi connectivity index (χ2v) is 5.56. The van der Waals surface area contributed by atoms with E-state index >= 15 is 0 Å². The van der Waals surface area contributed by atoms with Gasteiger partial charge < -0.3 is 16.2 Å². The Bertz CT molecular complexity index is 647. The largest absolute Gasteiger partial charge is 0.468 e. The molecule has 124 valence electrons. The van der Waals surface area contributed by atoms with Gasteiger partial charge in [0.1, 0.15) is 6.04 Å². The normalized spacial score (nSPS) is 12.9. The van der Waals surface area contributed by atoms with E-state index in [4.69, 9.17) is 23.1 Å². The smallest absolute Gasteiger partial charge is 0.324 e. The van der Waals surface area contributed by atoms with E-state index < -0.39 is 18.1 Å². The molecule has 4 nitrogen and oxygen atoms in total. The van der Waals surface area contributed by atoms with Crippen LogP contribution in [-0.4, -0.2) is 25.2 Å². The highest BCUT2D eigenvalue weighted by Gasteiger charge is 2.22. The van der Waals surface area contributed by atoms with Crippen LogP contribution in [0.2, 0.25) is 5.02 Å². The number of esters is 1. The molecule has 2 atom stereocenters. The maximum absolute atomic E-state index is 11.4. The highest BCUT2D eigenvalue weighted by Crippen LogP contribution is 2.23. The third-order valence-electron chi connectivity index (χ3n) is 3.52. The minimum atomic E-state index is -0.822. The molecule has 0 unspecified atom stereocenters. The van der Waals surface area contributed by atoms with Crippen molar-refractivity contribution in [2.45, 2.75) is 18.5 Å². The minimum Gasteiger partial charge on any atom is -0.468 e. The molecule has 0 bridgehead atoms. The average Bonchev–Trinajstić information content (AvgIpc) is 2.54. The number of nitrogens with two attached hydrogens (primary N) is 2. The fourth-order valence-electron chi connectivity index (χ4n) is 2.21. The summed E-state index contributed by atoms with van der Waals surface area (Å²) in [5, 5.41) is 0.702. The molecule has 0 heterocycles. The molecule has 0 aromatic heterocycles. The zero-order valence-electron chi connectivity index (χ0n) is 12.7. The van der Waals surface area contributed by atoms with Crippen LogP contribution >= 0.6 is 24.0 Å². The van der Waals surface area contributed by atoms with Crippen LogP contribution in [-0.2, 0) is 16.0 Å². The molecule has 0 amide bonds. The van der Waals surface area contributed by atoms with Gasteiger partial charge in [0.05, 0.1) is 7.11 Å². The maximum atomic E-state index is 11.4. The molecular weight excluding hydrogens is 335 g/mol. The van der Waals surface area contributed by atoms with Gasteiger partial charge in [-0.2, -0.15) is 0 Å². The van der Waals surface area contributed by atoms with Crippen LogP contribution < -0.4 is 11.5 Å². The zero-order valence-corrected chi connectivity index (χ0v) is 14.3. The molecular formula is C17H20Cl2N2O2. The van der Waals surface area contributed by atoms with Gasteiger partial charge >= 0.3 is 5.97 Å². The topological polar surface area (TPSA) is 78.3 Å². The molecule has 0 spiro atoms. The number of methoxy groups -OCH3 is 1. The molecule has 0 saturated carbocycles. The van der Waals surface area contributed by atoms with Crippen LogP contribution in [0.3, 0.4) is 0 Å². The van der Waals surface area contributed by atoms with E-state index in [0.717, 1.165) is 16.7 Å². The summed E-state index contributed by atoms with van der Waals surface area (Å²) in [7, 11) is 1.30. The van der Waals surface area contributed by atoms with E-state index in [1.165, 1.54) is 7.11 Å². The number of rotatable bonds is 5. The SMILES string of the molecule is COC(=O)[C@H](N)[C@H](N)Cc1ccc(-c2cccc(Cl)c2)cc1.Cl. The van der Waals surface area contributed by atoms with Gasteiger partial charge in [-0.3, -0.25) is 4.79 Å². The highest BCUT2D eigenvalue weighted by atomic mass is 35.5. The number of carbonyl (C=O) groups is 1. The number of carbonyl (C=O) groups excluding carboxylic acids is 1. The Kier molecular flexibility index (Phi) is 7.52. The number of halogens is 2. The summed E-state index contributed by atoms with van der Waals surface area (Å²) in [6.07, 6.45) is 0.506. The first-order valence-corrected chi connectivity index (χ1v) is 7.33. The first kappa shape index (κ1) is 19.5. The summed E-state index contributed by atoms with van der Waals surface area (Å²) < 4.78 is 4.60. The monoisotopic (exact) mass is 354 g/mol. The van der Waals surface area contributed by atoms with E-state index in [1.807, 2.05) is 48.5 Å². The Balaban J connectivity index is 0.00000264. The summed E-state index contributed by atoms with van der Waals surface area (Å²) in [5.41, 5.74) is 14.8. The van der Waals surface area contributed by atoms with E-state index in [-0.39, 0.29) is 12.4 Å². The number of hydrogen-bond acceptors (Lipinski definition) is 4. The summed E-state index contributed by atoms with van der Waals surface area (Å²) in [4.78, 5) is 11.4. The first-order chi connectivity index (χ1) is 10.5. The van der Waals surface area contributed by atoms with Crippen molar-refractivity contribution in [3.05, 3.63) is 59.1 Å². The lowest BCUT2D eigenvalue weighted by Crippen LogP contribution is -2.48. The third-order valence-corrected chi connectivity index (χ3v) is 3.75. The van der Waals surface area contributed by atoms with Gasteiger partial charge in [0.2, 0.25) is 0 Å². The van der Waals surface area contributed by atoms with Crippen molar-refractivity contribution >= 4 is 30.0 Å². The maximum Gasteiger partial charge on any atom is 0.324 e. The Labute approximate surface area is 147 Å². The standard InChI is InChI=1S/C17H19ClN2O2.ClH/c1-22-17(21)16(20)15(19)9-11-5-7-12(8-6-11)13-3-2-4-14(18)10-13;/h2-8,10,15-16H,9,19-20H2,1H3;1H/t15-,16-;/m1./s1. The van der Waals surface area contributed by atoms with Crippen molar-refractivity contribution in [2.24, 2.45) is 11.5 Å². The fourth-order valence-corrected chi connectivity index (χ4v) is 2.40. The molecule has 0 aliphatic heterocycles. The van der Waals surface area contributed by atoms with E-state index in [9.17, 15) is 4.79 Å². The van der Waals surface area contributed by atoms with Crippen LogP contribution in [0.5, 0.6) is 0 Å². The van der Waals surface area contributed by atoms with Crippen LogP contribution in [0.4, 0.5) is 0 Å². The van der Waals surface area contributed by atoms with Gasteiger partial charge in [-0.1, -0.05) is 48.0 Å². The molecule has 0 fully saturated rings. The molecule has 0 aliphatic carbocycles. The highest BCUT2D eigenvalue weighted by molar-refractivity contribution is 6.30. The van der Waals surface area contributed by atoms with Gasteiger partial charge in [-0.05, 0) is 35.2 Å². The summed E-state index contributed by atoms with van der Waals surface area (Å²) in [5.74, 6) is -0.497. The first-order valence-electron chi connectivity index (χ1n) is 6.95. The van der Waals surface area contributed by atoms with Gasteiger partial charge in [-0.25, -0.2) is 0 Å². The Morgan fingerprint density at radius 3 is 2.35 bits per heavy atom. The second kappa shape index (κ2) is 8.89. The van der Waals surface area contributed by atoms with Crippen LogP contribution in [0.25, 0.3) is 11.1 Å². The van der Waals surface area contributed by atoms with Gasteiger partial charge in [0.25, 0.3) is 0 Å². The van der Waals surface area contributed by atoms with E-state index in [0.29, 0.717) is 11.4 Å². The van der Waals surface area contributed by atoms with Crippen molar-refractivity contribution in [2.75, 3.05) is 7.11 Å². The van der Waals surface area contributed by atoms with E-state index in [1.54, 1.807) is 0 Å². The average molecular weight is 355 g/mol. The predicted octanol–water partition coefficient (Wildman–Crippen LogP) is 2.80. The Morgan fingerprint density at radius 2 is 1.78 bits per heavy atom. The molecule has 2 aromatic rings. The lowest BCUT2D eigenvalue weighted by molar-refractivity contribution is -0.142. The molecule has 0 saturated heterocycles. The molecule has 0 aliphatic rings. The summed E-state index contributed by atoms with van der Waals surface area (Å²) in [6, 6.07) is 14.3. The third kappa shape index (κ3) is 5.22. The fraction of sp³-hybridized carbons (Fsp3) is 0.235. The van der Waals surface area contributed by atoms with Crippen molar-refractivity contribution in [1.82, 2.24) is 0 Å². The summed E-state index contributed by atoms with van der Waals surface area (Å²) in [6.45, 7) is 0. The Morgan fingerprint density at radius 1 is 1.13 bits per heavy atom. The second-order valence-electron chi connectivity index (χ2n) is 5.12. The van der Waals surface area contributed by atoms with Crippen molar-refractivity contribution in [3.63, 3.8) is 0 Å². The molecule has 6 heteroatoms. The van der Waals surface area contributed by atoms with Crippen molar-refractivity contribution in [3.8, 4) is 11.1 Å². The zero-order chi connectivity index (χ0) is 16.1. The molecule has 2 rings (SSSR count). The molecule has 4 N–H and O–H groups in total. The Hall–Kier alpha value is -1.59. The molecule has 0 radical (unpaired) electrons.